The Kier molecular flexibility index (Phi) is 58.5. The molecule has 3 unspecified atom stereocenters. The van der Waals surface area contributed by atoms with Crippen molar-refractivity contribution in [1.82, 2.24) is 0 Å². The van der Waals surface area contributed by atoms with Gasteiger partial charge < -0.3 is 33.8 Å². The van der Waals surface area contributed by atoms with E-state index in [1.807, 2.05) is 0 Å². The highest BCUT2D eigenvalue weighted by molar-refractivity contribution is 7.47. The van der Waals surface area contributed by atoms with E-state index in [-0.39, 0.29) is 25.7 Å². The molecule has 0 aromatic rings. The molecule has 528 valence electrons. The normalized spacial score (nSPS) is 14.3. The fourth-order valence-corrected chi connectivity index (χ4v) is 12.1. The highest BCUT2D eigenvalue weighted by Crippen LogP contribution is 2.45. The summed E-state index contributed by atoms with van der Waals surface area (Å²) in [6.45, 7) is 14.0. The highest BCUT2D eigenvalue weighted by atomic mass is 31.2. The van der Waals surface area contributed by atoms with Crippen molar-refractivity contribution in [3.05, 3.63) is 0 Å². The van der Waals surface area contributed by atoms with Crippen molar-refractivity contribution in [1.29, 1.82) is 0 Å². The lowest BCUT2D eigenvalue weighted by molar-refractivity contribution is -0.161. The lowest BCUT2D eigenvalue weighted by atomic mass is 10.0. The summed E-state index contributed by atoms with van der Waals surface area (Å²) in [6, 6.07) is 0. The zero-order valence-electron chi connectivity index (χ0n) is 58.1. The van der Waals surface area contributed by atoms with Gasteiger partial charge in [0.2, 0.25) is 0 Å². The fourth-order valence-electron chi connectivity index (χ4n) is 10.5. The number of ether oxygens (including phenoxy) is 4. The summed E-state index contributed by atoms with van der Waals surface area (Å²) in [5.41, 5.74) is 0. The topological polar surface area (TPSA) is 237 Å². The molecule has 0 aliphatic heterocycles. The standard InChI is InChI=1S/C70H136O17P2/c1-60(2)46-38-30-22-16-14-12-10-9-11-13-15-17-25-34-42-50-67(72)80-57-66(87-70(75)53-45-37-29-28-33-41-49-63(7)8)59-85-89(78,79)83-55-64(71)54-82-88(76,77)84-58-65(86-69(74)52-44-36-27-21-19-24-32-40-48-62(5)6)56-81-68(73)51-43-35-26-20-18-23-31-39-47-61(3)4/h60-66,71H,9-59H2,1-8H3,(H,76,77)(H,78,79)/t64?,65-,66-/m1/s1. The van der Waals surface area contributed by atoms with E-state index < -0.39 is 97.5 Å². The Morgan fingerprint density at radius 2 is 0.472 bits per heavy atom. The van der Waals surface area contributed by atoms with Gasteiger partial charge in [0.15, 0.2) is 12.2 Å². The summed E-state index contributed by atoms with van der Waals surface area (Å²) >= 11 is 0. The van der Waals surface area contributed by atoms with Crippen molar-refractivity contribution in [2.24, 2.45) is 23.7 Å². The number of aliphatic hydroxyl groups is 1. The van der Waals surface area contributed by atoms with Crippen LogP contribution in [0.15, 0.2) is 0 Å². The first-order valence-electron chi connectivity index (χ1n) is 36.2. The first kappa shape index (κ1) is 87.1. The number of rotatable bonds is 67. The number of hydrogen-bond donors (Lipinski definition) is 3. The molecule has 0 heterocycles. The average Bonchev–Trinajstić information content (AvgIpc) is 3.65. The van der Waals surface area contributed by atoms with E-state index in [0.717, 1.165) is 108 Å². The van der Waals surface area contributed by atoms with Crippen LogP contribution >= 0.6 is 15.6 Å². The molecule has 0 radical (unpaired) electrons. The van der Waals surface area contributed by atoms with Gasteiger partial charge in [-0.1, -0.05) is 293 Å². The fraction of sp³-hybridized carbons (Fsp3) is 0.943. The number of phosphoric ester groups is 2. The van der Waals surface area contributed by atoms with Gasteiger partial charge in [0, 0.05) is 25.7 Å². The minimum atomic E-state index is -4.95. The van der Waals surface area contributed by atoms with Gasteiger partial charge in [-0.15, -0.1) is 0 Å². The quantitative estimate of drug-likeness (QED) is 0.0222. The Balaban J connectivity index is 5.17. The second kappa shape index (κ2) is 59.8. The summed E-state index contributed by atoms with van der Waals surface area (Å²) in [5.74, 6) is 0.785. The van der Waals surface area contributed by atoms with Crippen molar-refractivity contribution >= 4 is 39.5 Å². The number of phosphoric acid groups is 2. The van der Waals surface area contributed by atoms with Crippen molar-refractivity contribution in [3.8, 4) is 0 Å². The molecule has 89 heavy (non-hydrogen) atoms. The minimum absolute atomic E-state index is 0.102. The number of esters is 4. The summed E-state index contributed by atoms with van der Waals surface area (Å²) in [4.78, 5) is 72.4. The molecule has 0 saturated carbocycles. The molecule has 0 rings (SSSR count). The van der Waals surface area contributed by atoms with E-state index in [0.29, 0.717) is 31.6 Å². The smallest absolute Gasteiger partial charge is 0.462 e. The summed E-state index contributed by atoms with van der Waals surface area (Å²) < 4.78 is 68.2. The van der Waals surface area contributed by atoms with Crippen molar-refractivity contribution in [2.75, 3.05) is 39.6 Å². The van der Waals surface area contributed by atoms with Crippen molar-refractivity contribution in [2.45, 2.75) is 363 Å². The Hall–Kier alpha value is -1.94. The molecular formula is C70H136O17P2. The van der Waals surface area contributed by atoms with Gasteiger partial charge in [-0.2, -0.15) is 0 Å². The average molecular weight is 1310 g/mol. The maximum absolute atomic E-state index is 13.0. The predicted octanol–water partition coefficient (Wildman–Crippen LogP) is 19.7. The van der Waals surface area contributed by atoms with Crippen LogP contribution < -0.4 is 0 Å². The molecule has 0 saturated heterocycles. The minimum Gasteiger partial charge on any atom is -0.462 e. The molecule has 0 bridgehead atoms. The third-order valence-electron chi connectivity index (χ3n) is 16.1. The molecule has 17 nitrogen and oxygen atoms in total. The maximum atomic E-state index is 13.0. The third kappa shape index (κ3) is 64.6. The molecular weight excluding hydrogens is 1170 g/mol. The van der Waals surface area contributed by atoms with Gasteiger partial charge in [0.25, 0.3) is 0 Å². The molecule has 3 N–H and O–H groups in total. The number of carbonyl (C=O) groups is 4. The van der Waals surface area contributed by atoms with Crippen molar-refractivity contribution in [3.63, 3.8) is 0 Å². The molecule has 0 spiro atoms. The molecule has 0 amide bonds. The molecule has 0 aromatic carbocycles. The van der Waals surface area contributed by atoms with Crippen LogP contribution in [0.3, 0.4) is 0 Å². The van der Waals surface area contributed by atoms with Crippen LogP contribution in [0.4, 0.5) is 0 Å². The summed E-state index contributed by atoms with van der Waals surface area (Å²) in [5, 5.41) is 10.6. The van der Waals surface area contributed by atoms with Crippen LogP contribution in [0, 0.1) is 23.7 Å². The lowest BCUT2D eigenvalue weighted by Gasteiger charge is -2.21. The predicted molar refractivity (Wildman–Crippen MR) is 358 cm³/mol. The van der Waals surface area contributed by atoms with E-state index in [9.17, 15) is 43.2 Å². The van der Waals surface area contributed by atoms with Crippen molar-refractivity contribution < 1.29 is 80.2 Å². The van der Waals surface area contributed by atoms with Crippen LogP contribution in [0.25, 0.3) is 0 Å². The van der Waals surface area contributed by atoms with Gasteiger partial charge in [0.05, 0.1) is 26.4 Å². The molecule has 0 aliphatic rings. The number of hydrogen-bond acceptors (Lipinski definition) is 15. The van der Waals surface area contributed by atoms with Crippen LogP contribution in [-0.2, 0) is 65.4 Å². The highest BCUT2D eigenvalue weighted by Gasteiger charge is 2.30. The maximum Gasteiger partial charge on any atom is 0.472 e. The van der Waals surface area contributed by atoms with Crippen LogP contribution in [0.5, 0.6) is 0 Å². The Bertz CT molecular complexity index is 1760. The first-order valence-corrected chi connectivity index (χ1v) is 39.2. The Morgan fingerprint density at radius 1 is 0.281 bits per heavy atom. The summed E-state index contributed by atoms with van der Waals surface area (Å²) in [6.07, 6.45) is 42.0. The van der Waals surface area contributed by atoms with Gasteiger partial charge in [0.1, 0.15) is 19.3 Å². The molecule has 19 heteroatoms. The van der Waals surface area contributed by atoms with Crippen LogP contribution in [0.2, 0.25) is 0 Å². The third-order valence-corrected chi connectivity index (χ3v) is 18.0. The molecule has 0 aromatic heterocycles. The zero-order chi connectivity index (χ0) is 66.1. The Morgan fingerprint density at radius 3 is 0.697 bits per heavy atom. The van der Waals surface area contributed by atoms with Gasteiger partial charge >= 0.3 is 39.5 Å². The molecule has 5 atom stereocenters. The first-order chi connectivity index (χ1) is 42.6. The second-order valence-electron chi connectivity index (χ2n) is 27.2. The van der Waals surface area contributed by atoms with E-state index >= 15 is 0 Å². The van der Waals surface area contributed by atoms with Gasteiger partial charge in [-0.05, 0) is 49.4 Å². The molecule has 0 aliphatic carbocycles. The van der Waals surface area contributed by atoms with Gasteiger partial charge in [-0.3, -0.25) is 37.3 Å². The van der Waals surface area contributed by atoms with Crippen LogP contribution in [0.1, 0.15) is 344 Å². The number of unbranched alkanes of at least 4 members (excludes halogenated alkanes) is 33. The Labute approximate surface area is 543 Å². The van der Waals surface area contributed by atoms with Gasteiger partial charge in [-0.25, -0.2) is 9.13 Å². The second-order valence-corrected chi connectivity index (χ2v) is 30.1. The SMILES string of the molecule is CC(C)CCCCCCCCCCCCCCCCCC(=O)OC[C@H](COP(=O)(O)OCC(O)COP(=O)(O)OC[C@@H](COC(=O)CCCCCCCCCCC(C)C)OC(=O)CCCCCCCCCCC(C)C)OC(=O)CCCCCCCCC(C)C. The largest absolute Gasteiger partial charge is 0.472 e. The van der Waals surface area contributed by atoms with E-state index in [1.54, 1.807) is 0 Å². The van der Waals surface area contributed by atoms with E-state index in [4.69, 9.17) is 37.0 Å². The monoisotopic (exact) mass is 1310 g/mol. The number of aliphatic hydroxyl groups excluding tert-OH is 1. The van der Waals surface area contributed by atoms with E-state index in [1.165, 1.54) is 148 Å². The molecule has 0 fully saturated rings. The van der Waals surface area contributed by atoms with Crippen LogP contribution in [-0.4, -0.2) is 96.7 Å². The summed E-state index contributed by atoms with van der Waals surface area (Å²) in [7, 11) is -9.90. The van der Waals surface area contributed by atoms with E-state index in [2.05, 4.69) is 55.4 Å². The number of carbonyl (C=O) groups excluding carboxylic acids is 4. The zero-order valence-corrected chi connectivity index (χ0v) is 59.8. The lowest BCUT2D eigenvalue weighted by Crippen LogP contribution is -2.30.